The Labute approximate surface area is 99.9 Å². The van der Waals surface area contributed by atoms with E-state index in [9.17, 15) is 30.3 Å². The average molecular weight is 259 g/mol. The van der Waals surface area contributed by atoms with Crippen molar-refractivity contribution >= 4 is 17.1 Å². The summed E-state index contributed by atoms with van der Waals surface area (Å²) >= 11 is 0. The maximum Gasteiger partial charge on any atom is 0.422 e. The summed E-state index contributed by atoms with van der Waals surface area (Å²) < 4.78 is 0. The molecular formula is C8H9N3O7. The van der Waals surface area contributed by atoms with Crippen LogP contribution in [0.2, 0.25) is 0 Å². The second-order valence-corrected chi connectivity index (χ2v) is 2.87. The fourth-order valence-electron chi connectivity index (χ4n) is 1.23. The van der Waals surface area contributed by atoms with Gasteiger partial charge in [0.1, 0.15) is 0 Å². The van der Waals surface area contributed by atoms with E-state index < -0.39 is 31.8 Å². The van der Waals surface area contributed by atoms with Gasteiger partial charge in [-0.15, -0.1) is 0 Å². The number of benzene rings is 1. The van der Waals surface area contributed by atoms with Crippen molar-refractivity contribution in [1.82, 2.24) is 0 Å². The van der Waals surface area contributed by atoms with Crippen molar-refractivity contribution in [1.29, 1.82) is 0 Å². The number of hydrogen-bond donors (Lipinski definition) is 1. The highest BCUT2D eigenvalue weighted by atomic mass is 16.6. The van der Waals surface area contributed by atoms with Crippen LogP contribution in [0.3, 0.4) is 0 Å². The molecule has 0 aromatic heterocycles. The molecule has 10 heteroatoms. The quantitative estimate of drug-likeness (QED) is 0.635. The van der Waals surface area contributed by atoms with E-state index in [-0.39, 0.29) is 5.56 Å². The lowest BCUT2D eigenvalue weighted by Crippen LogP contribution is -2.02. The summed E-state index contributed by atoms with van der Waals surface area (Å²) in [6, 6.07) is 1.98. The van der Waals surface area contributed by atoms with Crippen molar-refractivity contribution in [3.63, 3.8) is 0 Å². The van der Waals surface area contributed by atoms with E-state index in [2.05, 4.69) is 0 Å². The van der Waals surface area contributed by atoms with Crippen LogP contribution < -0.4 is 0 Å². The molecule has 0 unspecified atom stereocenters. The van der Waals surface area contributed by atoms with Crippen LogP contribution in [0.1, 0.15) is 5.56 Å². The first-order valence-electron chi connectivity index (χ1n) is 4.37. The lowest BCUT2D eigenvalue weighted by atomic mass is 10.1. The van der Waals surface area contributed by atoms with Gasteiger partial charge in [0.05, 0.1) is 14.8 Å². The molecule has 1 aromatic rings. The zero-order valence-electron chi connectivity index (χ0n) is 9.39. The maximum atomic E-state index is 10.6. The van der Waals surface area contributed by atoms with E-state index in [0.29, 0.717) is 0 Å². The third kappa shape index (κ3) is 2.95. The fraction of sp³-hybridized carbons (Fsp3) is 0.250. The number of nitro groups is 3. The van der Waals surface area contributed by atoms with Crippen LogP contribution in [0, 0.1) is 37.3 Å². The Bertz CT molecular complexity index is 500. The third-order valence-electron chi connectivity index (χ3n) is 1.89. The van der Waals surface area contributed by atoms with Crippen LogP contribution in [-0.2, 0) is 0 Å². The summed E-state index contributed by atoms with van der Waals surface area (Å²) in [5, 5.41) is 38.7. The van der Waals surface area contributed by atoms with Crippen molar-refractivity contribution in [2.75, 3.05) is 7.11 Å². The smallest absolute Gasteiger partial charge is 0.400 e. The minimum Gasteiger partial charge on any atom is -0.400 e. The van der Waals surface area contributed by atoms with E-state index in [1.54, 1.807) is 0 Å². The average Bonchev–Trinajstić information content (AvgIpc) is 2.30. The molecule has 0 saturated carbocycles. The van der Waals surface area contributed by atoms with Gasteiger partial charge in [0.15, 0.2) is 0 Å². The normalized spacial score (nSPS) is 9.06. The molecule has 0 fully saturated rings. The minimum atomic E-state index is -1.12. The Morgan fingerprint density at radius 3 is 1.67 bits per heavy atom. The summed E-state index contributed by atoms with van der Waals surface area (Å²) in [6.45, 7) is 1.27. The molecule has 98 valence electrons. The first kappa shape index (κ1) is 15.4. The Balaban J connectivity index is 0.00000137. The fourth-order valence-corrected chi connectivity index (χ4v) is 1.23. The predicted octanol–water partition coefficient (Wildman–Crippen LogP) is 1.33. The van der Waals surface area contributed by atoms with Crippen molar-refractivity contribution in [2.24, 2.45) is 0 Å². The van der Waals surface area contributed by atoms with Crippen LogP contribution in [-0.4, -0.2) is 27.0 Å². The number of nitrogens with zero attached hydrogens (tertiary/aromatic N) is 3. The van der Waals surface area contributed by atoms with E-state index in [1.165, 1.54) is 6.92 Å². The molecule has 0 amide bonds. The van der Waals surface area contributed by atoms with Crippen molar-refractivity contribution in [3.8, 4) is 0 Å². The molecule has 0 heterocycles. The Morgan fingerprint density at radius 2 is 1.33 bits per heavy atom. The number of rotatable bonds is 3. The molecule has 0 aliphatic heterocycles. The molecule has 1 aromatic carbocycles. The van der Waals surface area contributed by atoms with Gasteiger partial charge in [0.2, 0.25) is 0 Å². The van der Waals surface area contributed by atoms with Crippen LogP contribution in [0.4, 0.5) is 17.1 Å². The molecule has 0 spiro atoms. The van der Waals surface area contributed by atoms with Gasteiger partial charge in [-0.1, -0.05) is 0 Å². The van der Waals surface area contributed by atoms with Gasteiger partial charge in [-0.3, -0.25) is 30.3 Å². The zero-order chi connectivity index (χ0) is 14.5. The van der Waals surface area contributed by atoms with E-state index in [0.717, 1.165) is 19.2 Å². The Morgan fingerprint density at radius 1 is 0.889 bits per heavy atom. The topological polar surface area (TPSA) is 150 Å². The Hall–Kier alpha value is -2.62. The summed E-state index contributed by atoms with van der Waals surface area (Å²) in [5.74, 6) is 0. The molecular weight excluding hydrogens is 250 g/mol. The molecule has 0 aliphatic carbocycles. The molecule has 1 N–H and O–H groups in total. The van der Waals surface area contributed by atoms with Gasteiger partial charge in [0.25, 0.3) is 0 Å². The van der Waals surface area contributed by atoms with Crippen LogP contribution >= 0.6 is 0 Å². The first-order valence-corrected chi connectivity index (χ1v) is 4.37. The molecule has 18 heavy (non-hydrogen) atoms. The van der Waals surface area contributed by atoms with Gasteiger partial charge in [-0.25, -0.2) is 0 Å². The van der Waals surface area contributed by atoms with Crippen LogP contribution in [0.25, 0.3) is 0 Å². The van der Waals surface area contributed by atoms with Gasteiger partial charge >= 0.3 is 17.1 Å². The van der Waals surface area contributed by atoms with Crippen molar-refractivity contribution < 1.29 is 19.9 Å². The molecule has 0 saturated heterocycles. The number of aliphatic hydroxyl groups excluding tert-OH is 1. The zero-order valence-corrected chi connectivity index (χ0v) is 9.39. The van der Waals surface area contributed by atoms with Crippen LogP contribution in [0.5, 0.6) is 0 Å². The second kappa shape index (κ2) is 6.20. The SMILES string of the molecule is CO.Cc1ccc([N+](=O)[O-])c([N+](=O)[O-])c1[N+](=O)[O-]. The number of hydrogen-bond acceptors (Lipinski definition) is 7. The first-order chi connectivity index (χ1) is 8.36. The molecule has 0 bridgehead atoms. The van der Waals surface area contributed by atoms with Crippen LogP contribution in [0.15, 0.2) is 12.1 Å². The molecule has 0 radical (unpaired) electrons. The highest BCUT2D eigenvalue weighted by molar-refractivity contribution is 5.68. The molecule has 0 aliphatic rings. The number of aryl methyl sites for hydroxylation is 1. The predicted molar refractivity (Wildman–Crippen MR) is 59.3 cm³/mol. The standard InChI is InChI=1S/C7H5N3O6.CH4O/c1-4-2-3-5(8(11)12)7(10(15)16)6(4)9(13)14;1-2/h2-3H,1H3;2H,1H3. The highest BCUT2D eigenvalue weighted by Gasteiger charge is 2.37. The van der Waals surface area contributed by atoms with Gasteiger partial charge < -0.3 is 5.11 Å². The lowest BCUT2D eigenvalue weighted by molar-refractivity contribution is -0.441. The molecule has 0 atom stereocenters. The maximum absolute atomic E-state index is 10.6. The summed E-state index contributed by atoms with van der Waals surface area (Å²) in [6.07, 6.45) is 0. The summed E-state index contributed by atoms with van der Waals surface area (Å²) in [4.78, 5) is 28.5. The molecule has 10 nitrogen and oxygen atoms in total. The lowest BCUT2D eigenvalue weighted by Gasteiger charge is -1.98. The minimum absolute atomic E-state index is 0.00213. The highest BCUT2D eigenvalue weighted by Crippen LogP contribution is 2.38. The monoisotopic (exact) mass is 259 g/mol. The third-order valence-corrected chi connectivity index (χ3v) is 1.89. The number of aliphatic hydroxyl groups is 1. The van der Waals surface area contributed by atoms with E-state index in [4.69, 9.17) is 5.11 Å². The summed E-state index contributed by atoms with van der Waals surface area (Å²) in [7, 11) is 1.00. The number of nitro benzene ring substituents is 3. The second-order valence-electron chi connectivity index (χ2n) is 2.87. The summed E-state index contributed by atoms with van der Waals surface area (Å²) in [5.41, 5.74) is -2.82. The van der Waals surface area contributed by atoms with Gasteiger partial charge in [-0.2, -0.15) is 0 Å². The Kier molecular flexibility index (Phi) is 5.30. The largest absolute Gasteiger partial charge is 0.422 e. The van der Waals surface area contributed by atoms with Gasteiger partial charge in [-0.05, 0) is 13.0 Å². The van der Waals surface area contributed by atoms with E-state index >= 15 is 0 Å². The van der Waals surface area contributed by atoms with Crippen molar-refractivity contribution in [3.05, 3.63) is 48.0 Å². The van der Waals surface area contributed by atoms with E-state index in [1.807, 2.05) is 0 Å². The molecule has 1 rings (SSSR count). The van der Waals surface area contributed by atoms with Crippen molar-refractivity contribution in [2.45, 2.75) is 6.92 Å². The van der Waals surface area contributed by atoms with Gasteiger partial charge in [0, 0.05) is 18.7 Å².